The highest BCUT2D eigenvalue weighted by Crippen LogP contribution is 2.51. The molecule has 0 spiro atoms. The number of halogens is 2. The molecule has 44 heavy (non-hydrogen) atoms. The van der Waals surface area contributed by atoms with Crippen LogP contribution in [0.5, 0.6) is 0 Å². The van der Waals surface area contributed by atoms with Crippen molar-refractivity contribution in [2.75, 3.05) is 0 Å². The van der Waals surface area contributed by atoms with Gasteiger partial charge in [0.2, 0.25) is 0 Å². The Balaban J connectivity index is 0.000000175. The van der Waals surface area contributed by atoms with Gasteiger partial charge in [0.05, 0.1) is 13.1 Å². The van der Waals surface area contributed by atoms with Gasteiger partial charge < -0.3 is 10.2 Å². The van der Waals surface area contributed by atoms with Gasteiger partial charge in [-0.05, 0) is 83.1 Å². The summed E-state index contributed by atoms with van der Waals surface area (Å²) in [6, 6.07) is 15.3. The summed E-state index contributed by atoms with van der Waals surface area (Å²) in [7, 11) is 0. The molecule has 0 saturated heterocycles. The minimum atomic E-state index is -0.930. The molecule has 2 N–H and O–H groups in total. The number of hydrogen-bond acceptors (Lipinski definition) is 6. The SMILES string of the molecule is CC1(C)CC/C(=C\c2ccc(Cl)cc2)[C@@]1(O)Cn1cncn1.CC1(C)CC/C(=C\c2ccc(Cl)cc2)[C@]1(O)Cn1cncn1. The maximum Gasteiger partial charge on any atom is 0.137 e. The van der Waals surface area contributed by atoms with Crippen molar-refractivity contribution >= 4 is 35.4 Å². The van der Waals surface area contributed by atoms with E-state index >= 15 is 0 Å². The third-order valence-corrected chi connectivity index (χ3v) is 9.98. The summed E-state index contributed by atoms with van der Waals surface area (Å²) in [5.41, 5.74) is 1.89. The molecule has 8 nitrogen and oxygen atoms in total. The van der Waals surface area contributed by atoms with Crippen LogP contribution >= 0.6 is 23.2 Å². The van der Waals surface area contributed by atoms with Crippen LogP contribution in [0.3, 0.4) is 0 Å². The lowest BCUT2D eigenvalue weighted by molar-refractivity contribution is -0.0299. The van der Waals surface area contributed by atoms with Gasteiger partial charge in [-0.3, -0.25) is 0 Å². The van der Waals surface area contributed by atoms with E-state index in [2.05, 4.69) is 60.0 Å². The van der Waals surface area contributed by atoms with Crippen molar-refractivity contribution in [2.45, 2.75) is 77.7 Å². The number of rotatable bonds is 6. The Labute approximate surface area is 269 Å². The van der Waals surface area contributed by atoms with E-state index in [0.29, 0.717) is 23.1 Å². The Hall–Kier alpha value is -3.30. The zero-order valence-corrected chi connectivity index (χ0v) is 27.2. The molecule has 2 saturated carbocycles. The van der Waals surface area contributed by atoms with Gasteiger partial charge in [-0.25, -0.2) is 19.3 Å². The highest BCUT2D eigenvalue weighted by atomic mass is 35.5. The molecule has 2 fully saturated rings. The Morgan fingerprint density at radius 3 is 1.34 bits per heavy atom. The maximum atomic E-state index is 11.4. The molecule has 2 aromatic heterocycles. The standard InChI is InChI=1S/2C17H20ClN3O/c2*1-16(2)8-7-14(9-13-3-5-15(18)6-4-13)17(16,22)10-21-12-19-11-20-21/h2*3-6,9,11-12,22H,7-8,10H2,1-2H3/b2*14-9+/t2*17-/m10/s1. The molecule has 10 heteroatoms. The maximum absolute atomic E-state index is 11.4. The highest BCUT2D eigenvalue weighted by molar-refractivity contribution is 6.30. The Bertz CT molecular complexity index is 1470. The molecule has 6 rings (SSSR count). The molecule has 4 aromatic rings. The lowest BCUT2D eigenvalue weighted by Crippen LogP contribution is -2.45. The number of nitrogens with zero attached hydrogens (tertiary/aromatic N) is 6. The molecular formula is C34H40Cl2N6O2. The van der Waals surface area contributed by atoms with E-state index in [9.17, 15) is 10.2 Å². The predicted molar refractivity (Wildman–Crippen MR) is 175 cm³/mol. The van der Waals surface area contributed by atoms with Crippen LogP contribution in [-0.4, -0.2) is 50.9 Å². The molecule has 0 radical (unpaired) electrons. The summed E-state index contributed by atoms with van der Waals surface area (Å²) >= 11 is 11.9. The quantitative estimate of drug-likeness (QED) is 0.234. The van der Waals surface area contributed by atoms with E-state index in [1.807, 2.05) is 48.5 Å². The predicted octanol–water partition coefficient (Wildman–Crippen LogP) is 7.13. The van der Waals surface area contributed by atoms with Crippen molar-refractivity contribution in [2.24, 2.45) is 10.8 Å². The summed E-state index contributed by atoms with van der Waals surface area (Å²) in [4.78, 5) is 7.94. The Morgan fingerprint density at radius 2 is 1.02 bits per heavy atom. The fourth-order valence-electron chi connectivity index (χ4n) is 6.22. The first-order chi connectivity index (χ1) is 20.8. The highest BCUT2D eigenvalue weighted by Gasteiger charge is 2.52. The second kappa shape index (κ2) is 12.6. The Morgan fingerprint density at radius 1 is 0.659 bits per heavy atom. The summed E-state index contributed by atoms with van der Waals surface area (Å²) < 4.78 is 3.39. The molecule has 2 aliphatic rings. The van der Waals surface area contributed by atoms with Crippen molar-refractivity contribution in [3.63, 3.8) is 0 Å². The van der Waals surface area contributed by atoms with E-state index in [1.165, 1.54) is 12.7 Å². The first-order valence-corrected chi connectivity index (χ1v) is 15.6. The van der Waals surface area contributed by atoms with Crippen molar-refractivity contribution in [1.82, 2.24) is 29.5 Å². The van der Waals surface area contributed by atoms with E-state index in [0.717, 1.165) is 48.0 Å². The van der Waals surface area contributed by atoms with Crippen molar-refractivity contribution in [1.29, 1.82) is 0 Å². The first kappa shape index (κ1) is 32.1. The number of aliphatic hydroxyl groups is 2. The fourth-order valence-corrected chi connectivity index (χ4v) is 6.48. The smallest absolute Gasteiger partial charge is 0.137 e. The van der Waals surface area contributed by atoms with E-state index in [1.54, 1.807) is 22.0 Å². The van der Waals surface area contributed by atoms with Crippen LogP contribution in [0.1, 0.15) is 64.5 Å². The van der Waals surface area contributed by atoms with Gasteiger partial charge in [0.25, 0.3) is 0 Å². The van der Waals surface area contributed by atoms with Crippen molar-refractivity contribution in [3.8, 4) is 0 Å². The molecule has 232 valence electrons. The van der Waals surface area contributed by atoms with Gasteiger partial charge in [0.15, 0.2) is 0 Å². The molecule has 0 unspecified atom stereocenters. The monoisotopic (exact) mass is 634 g/mol. The van der Waals surface area contributed by atoms with Gasteiger partial charge in [0, 0.05) is 10.0 Å². The number of hydrogen-bond donors (Lipinski definition) is 2. The Kier molecular flexibility index (Phi) is 9.19. The minimum absolute atomic E-state index is 0.211. The minimum Gasteiger partial charge on any atom is -0.383 e. The summed E-state index contributed by atoms with van der Waals surface area (Å²) in [5, 5.41) is 32.5. The molecule has 0 aliphatic heterocycles. The topological polar surface area (TPSA) is 102 Å². The normalized spacial score (nSPS) is 25.7. The van der Waals surface area contributed by atoms with Crippen LogP contribution in [0.4, 0.5) is 0 Å². The third kappa shape index (κ3) is 6.69. The first-order valence-electron chi connectivity index (χ1n) is 14.8. The molecule has 2 aromatic carbocycles. The van der Waals surface area contributed by atoms with Crippen LogP contribution in [0.2, 0.25) is 10.0 Å². The fraction of sp³-hybridized carbons (Fsp3) is 0.412. The van der Waals surface area contributed by atoms with Gasteiger partial charge in [-0.1, -0.05) is 87.3 Å². The lowest BCUT2D eigenvalue weighted by atomic mass is 9.76. The number of aromatic nitrogens is 6. The summed E-state index contributed by atoms with van der Waals surface area (Å²) in [6.45, 7) is 9.25. The molecule has 2 aliphatic carbocycles. The molecular weight excluding hydrogens is 595 g/mol. The van der Waals surface area contributed by atoms with E-state index in [4.69, 9.17) is 23.2 Å². The lowest BCUT2D eigenvalue weighted by Gasteiger charge is -2.37. The molecule has 0 bridgehead atoms. The van der Waals surface area contributed by atoms with Gasteiger partial charge in [-0.15, -0.1) is 0 Å². The van der Waals surface area contributed by atoms with Crippen LogP contribution in [0.15, 0.2) is 85.0 Å². The van der Waals surface area contributed by atoms with Gasteiger partial charge in [0.1, 0.15) is 36.5 Å². The average molecular weight is 636 g/mol. The second-order valence-corrected chi connectivity index (χ2v) is 14.0. The largest absolute Gasteiger partial charge is 0.383 e. The summed E-state index contributed by atoms with van der Waals surface area (Å²) in [6.07, 6.45) is 14.1. The van der Waals surface area contributed by atoms with Crippen LogP contribution in [-0.2, 0) is 13.1 Å². The molecule has 0 amide bonds. The molecule has 2 atom stereocenters. The summed E-state index contributed by atoms with van der Waals surface area (Å²) in [5.74, 6) is 0. The zero-order chi connectivity index (χ0) is 31.6. The third-order valence-electron chi connectivity index (χ3n) is 9.48. The zero-order valence-electron chi connectivity index (χ0n) is 25.7. The van der Waals surface area contributed by atoms with Crippen molar-refractivity contribution < 1.29 is 10.2 Å². The van der Waals surface area contributed by atoms with Crippen molar-refractivity contribution in [3.05, 3.63) is 106 Å². The van der Waals surface area contributed by atoms with Crippen LogP contribution in [0.25, 0.3) is 12.2 Å². The second-order valence-electron chi connectivity index (χ2n) is 13.1. The van der Waals surface area contributed by atoms with Crippen LogP contribution < -0.4 is 0 Å². The van der Waals surface area contributed by atoms with Gasteiger partial charge in [-0.2, -0.15) is 10.2 Å². The van der Waals surface area contributed by atoms with Crippen LogP contribution in [0, 0.1) is 10.8 Å². The number of benzene rings is 2. The molecule has 2 heterocycles. The average Bonchev–Trinajstić information content (AvgIpc) is 3.76. The van der Waals surface area contributed by atoms with Gasteiger partial charge >= 0.3 is 0 Å². The van der Waals surface area contributed by atoms with E-state index in [-0.39, 0.29) is 10.8 Å². The van der Waals surface area contributed by atoms with E-state index < -0.39 is 11.2 Å².